The minimum atomic E-state index is -1.09. The van der Waals surface area contributed by atoms with Gasteiger partial charge < -0.3 is 19.5 Å². The molecular weight excluding hydrogens is 267 g/mol. The molecule has 7 heteroatoms. The largest absolute Gasteiger partial charge is 1.00 e. The van der Waals surface area contributed by atoms with Crippen molar-refractivity contribution in [3.05, 3.63) is 0 Å². The first-order valence-corrected chi connectivity index (χ1v) is 6.99. The Morgan fingerprint density at radius 1 is 1.19 bits per heavy atom. The van der Waals surface area contributed by atoms with Crippen molar-refractivity contribution < 1.29 is 38.3 Å². The predicted octanol–water partition coefficient (Wildman–Crippen LogP) is -2.54. The van der Waals surface area contributed by atoms with Crippen molar-refractivity contribution in [1.82, 2.24) is 9.80 Å². The van der Waals surface area contributed by atoms with E-state index in [0.717, 1.165) is 0 Å². The maximum absolute atomic E-state index is 12.2. The van der Waals surface area contributed by atoms with E-state index in [1.54, 1.807) is 11.8 Å². The zero-order valence-corrected chi connectivity index (χ0v) is 14.2. The second-order valence-electron chi connectivity index (χ2n) is 6.53. The van der Waals surface area contributed by atoms with E-state index in [0.29, 0.717) is 13.1 Å². The van der Waals surface area contributed by atoms with Crippen LogP contribution in [0, 0.1) is 0 Å². The molecule has 1 aliphatic rings. The Morgan fingerprint density at radius 3 is 1.95 bits per heavy atom. The monoisotopic (exact) mass is 292 g/mol. The number of piperazine rings is 1. The summed E-state index contributed by atoms with van der Waals surface area (Å²) in [5, 5.41) is 11.0. The summed E-state index contributed by atoms with van der Waals surface area (Å²) in [6.07, 6.45) is -0.349. The van der Waals surface area contributed by atoms with E-state index in [1.165, 1.54) is 0 Å². The van der Waals surface area contributed by atoms with Crippen LogP contribution in [0.3, 0.4) is 0 Å². The zero-order valence-electron chi connectivity index (χ0n) is 14.2. The Balaban J connectivity index is 0.00000400. The second-order valence-corrected chi connectivity index (χ2v) is 6.53. The van der Waals surface area contributed by atoms with Gasteiger partial charge >= 0.3 is 25.0 Å². The SMILES string of the molecule is CC(C(=O)[O-])N1C[C@H](C)N(C(=O)OC(C)(C)C)[C@@H](C)C1.[Li+]. The molecule has 0 N–H and O–H groups in total. The number of hydrogen-bond acceptors (Lipinski definition) is 5. The summed E-state index contributed by atoms with van der Waals surface area (Å²) in [6, 6.07) is -0.855. The van der Waals surface area contributed by atoms with Crippen molar-refractivity contribution >= 4 is 12.1 Å². The summed E-state index contributed by atoms with van der Waals surface area (Å²) in [5.74, 6) is -1.09. The van der Waals surface area contributed by atoms with Gasteiger partial charge in [-0.3, -0.25) is 4.90 Å². The van der Waals surface area contributed by atoms with Crippen LogP contribution in [0.4, 0.5) is 4.79 Å². The van der Waals surface area contributed by atoms with Gasteiger partial charge in [-0.25, -0.2) is 4.79 Å². The van der Waals surface area contributed by atoms with E-state index in [-0.39, 0.29) is 37.0 Å². The van der Waals surface area contributed by atoms with E-state index >= 15 is 0 Å². The van der Waals surface area contributed by atoms with Crippen molar-refractivity contribution in [2.45, 2.75) is 65.3 Å². The first kappa shape index (κ1) is 20.3. The smallest absolute Gasteiger partial charge is 0.548 e. The van der Waals surface area contributed by atoms with Crippen LogP contribution < -0.4 is 24.0 Å². The van der Waals surface area contributed by atoms with Gasteiger partial charge in [0.15, 0.2) is 0 Å². The molecule has 1 amide bonds. The zero-order chi connectivity index (χ0) is 15.7. The summed E-state index contributed by atoms with van der Waals surface area (Å²) in [6.45, 7) is 11.9. The molecule has 1 heterocycles. The molecule has 0 bridgehead atoms. The quantitative estimate of drug-likeness (QED) is 0.524. The van der Waals surface area contributed by atoms with Crippen LogP contribution in [0.1, 0.15) is 41.5 Å². The molecule has 0 saturated carbocycles. The van der Waals surface area contributed by atoms with Crippen LogP contribution in [0.15, 0.2) is 0 Å². The molecule has 1 rings (SSSR count). The molecular formula is C14H25LiN2O4. The maximum atomic E-state index is 12.2. The molecule has 0 aromatic carbocycles. The van der Waals surface area contributed by atoms with Crippen molar-refractivity contribution in [3.63, 3.8) is 0 Å². The molecule has 0 spiro atoms. The van der Waals surface area contributed by atoms with Crippen LogP contribution in [0.5, 0.6) is 0 Å². The number of carboxylic acids is 1. The standard InChI is InChI=1S/C14H26N2O4.Li/c1-9-7-15(11(3)12(17)18)8-10(2)16(9)13(19)20-14(4,5)6;/h9-11H,7-8H2,1-6H3,(H,17,18);/q;+1/p-1/t9-,10-,11?;/m0./s1. The Labute approximate surface area is 139 Å². The summed E-state index contributed by atoms with van der Waals surface area (Å²) in [4.78, 5) is 26.7. The molecule has 6 nitrogen and oxygen atoms in total. The number of hydrogen-bond donors (Lipinski definition) is 0. The molecule has 1 unspecified atom stereocenters. The van der Waals surface area contributed by atoms with Gasteiger partial charge in [-0.1, -0.05) is 0 Å². The number of carbonyl (C=O) groups excluding carboxylic acids is 2. The predicted molar refractivity (Wildman–Crippen MR) is 73.0 cm³/mol. The average Bonchev–Trinajstić information content (AvgIpc) is 2.23. The summed E-state index contributed by atoms with van der Waals surface area (Å²) >= 11 is 0. The Kier molecular flexibility index (Phi) is 7.28. The minimum absolute atomic E-state index is 0. The molecule has 0 aromatic rings. The van der Waals surface area contributed by atoms with Crippen molar-refractivity contribution in [2.24, 2.45) is 0 Å². The molecule has 1 fully saturated rings. The summed E-state index contributed by atoms with van der Waals surface area (Å²) in [7, 11) is 0. The number of carbonyl (C=O) groups is 2. The van der Waals surface area contributed by atoms with Crippen LogP contribution in [-0.4, -0.2) is 58.7 Å². The van der Waals surface area contributed by atoms with Crippen molar-refractivity contribution in [3.8, 4) is 0 Å². The van der Waals surface area contributed by atoms with E-state index in [2.05, 4.69) is 0 Å². The van der Waals surface area contributed by atoms with E-state index in [4.69, 9.17) is 4.74 Å². The molecule has 1 aliphatic heterocycles. The Hall–Kier alpha value is -0.703. The third kappa shape index (κ3) is 5.54. The third-order valence-corrected chi connectivity index (χ3v) is 3.44. The Morgan fingerprint density at radius 2 is 1.62 bits per heavy atom. The maximum Gasteiger partial charge on any atom is 1.00 e. The first-order chi connectivity index (χ1) is 9.03. The summed E-state index contributed by atoms with van der Waals surface area (Å²) in [5.41, 5.74) is -0.536. The van der Waals surface area contributed by atoms with Gasteiger partial charge in [-0.05, 0) is 41.5 Å². The fraction of sp³-hybridized carbons (Fsp3) is 0.857. The molecule has 1 saturated heterocycles. The number of amides is 1. The van der Waals surface area contributed by atoms with Gasteiger partial charge in [0.05, 0.1) is 5.97 Å². The fourth-order valence-electron chi connectivity index (χ4n) is 2.50. The van der Waals surface area contributed by atoms with Gasteiger partial charge in [-0.15, -0.1) is 0 Å². The number of nitrogens with zero attached hydrogens (tertiary/aromatic N) is 2. The second kappa shape index (κ2) is 7.53. The third-order valence-electron chi connectivity index (χ3n) is 3.44. The molecule has 21 heavy (non-hydrogen) atoms. The minimum Gasteiger partial charge on any atom is -0.548 e. The number of rotatable bonds is 2. The van der Waals surface area contributed by atoms with Gasteiger partial charge in [0, 0.05) is 31.2 Å². The topological polar surface area (TPSA) is 72.9 Å². The van der Waals surface area contributed by atoms with E-state index < -0.39 is 17.6 Å². The average molecular weight is 292 g/mol. The van der Waals surface area contributed by atoms with Crippen LogP contribution in [-0.2, 0) is 9.53 Å². The van der Waals surface area contributed by atoms with Gasteiger partial charge in [-0.2, -0.15) is 0 Å². The van der Waals surface area contributed by atoms with Crippen molar-refractivity contribution in [2.75, 3.05) is 13.1 Å². The summed E-state index contributed by atoms with van der Waals surface area (Å²) < 4.78 is 5.40. The first-order valence-electron chi connectivity index (χ1n) is 6.99. The number of aliphatic carboxylic acids is 1. The van der Waals surface area contributed by atoms with E-state index in [9.17, 15) is 14.7 Å². The van der Waals surface area contributed by atoms with Crippen molar-refractivity contribution in [1.29, 1.82) is 0 Å². The number of ether oxygens (including phenoxy) is 1. The molecule has 3 atom stereocenters. The van der Waals surface area contributed by atoms with Crippen LogP contribution in [0.25, 0.3) is 0 Å². The van der Waals surface area contributed by atoms with Crippen LogP contribution in [0.2, 0.25) is 0 Å². The Bertz CT molecular complexity index is 372. The van der Waals surface area contributed by atoms with Gasteiger partial charge in [0.2, 0.25) is 0 Å². The van der Waals surface area contributed by atoms with Gasteiger partial charge in [0.1, 0.15) is 5.60 Å². The molecule has 116 valence electrons. The molecule has 0 radical (unpaired) electrons. The molecule has 0 aliphatic carbocycles. The molecule has 0 aromatic heterocycles. The normalized spacial score (nSPS) is 25.0. The van der Waals surface area contributed by atoms with E-state index in [1.807, 2.05) is 39.5 Å². The number of carboxylic acid groups (broad SMARTS) is 1. The van der Waals surface area contributed by atoms with Gasteiger partial charge in [0.25, 0.3) is 0 Å². The fourth-order valence-corrected chi connectivity index (χ4v) is 2.50. The van der Waals surface area contributed by atoms with Crippen LogP contribution >= 0.6 is 0 Å².